The molecule has 0 bridgehead atoms. The van der Waals surface area contributed by atoms with Gasteiger partial charge in [-0.3, -0.25) is 9.59 Å². The van der Waals surface area contributed by atoms with E-state index >= 15 is 0 Å². The number of hydrogen-bond donors (Lipinski definition) is 1. The summed E-state index contributed by atoms with van der Waals surface area (Å²) in [5.74, 6) is -0.582. The van der Waals surface area contributed by atoms with Crippen molar-refractivity contribution in [2.45, 2.75) is 13.8 Å². The average molecular weight is 466 g/mol. The zero-order valence-electron chi connectivity index (χ0n) is 18.0. The van der Waals surface area contributed by atoms with Crippen LogP contribution < -0.4 is 5.32 Å². The Kier molecular flexibility index (Phi) is 7.62. The second kappa shape index (κ2) is 10.4. The molecular weight excluding hydrogens is 442 g/mol. The van der Waals surface area contributed by atoms with Gasteiger partial charge >= 0.3 is 0 Å². The maximum atomic E-state index is 13.4. The Bertz CT molecular complexity index is 1210. The number of amides is 2. The minimum absolute atomic E-state index is 0.233. The van der Waals surface area contributed by atoms with E-state index in [0.717, 1.165) is 11.1 Å². The Morgan fingerprint density at radius 2 is 1.81 bits per heavy atom. The molecule has 7 heteroatoms. The molecule has 1 aromatic carbocycles. The number of nitrogens with zero attached hydrogens (tertiary/aromatic N) is 2. The van der Waals surface area contributed by atoms with Crippen LogP contribution in [0.2, 0.25) is 5.02 Å². The van der Waals surface area contributed by atoms with Crippen molar-refractivity contribution in [3.8, 4) is 0 Å². The van der Waals surface area contributed by atoms with E-state index in [-0.39, 0.29) is 11.8 Å². The van der Waals surface area contributed by atoms with Crippen molar-refractivity contribution in [2.75, 3.05) is 18.4 Å². The van der Waals surface area contributed by atoms with Gasteiger partial charge in [0, 0.05) is 24.6 Å². The van der Waals surface area contributed by atoms with Crippen molar-refractivity contribution in [2.24, 2.45) is 0 Å². The summed E-state index contributed by atoms with van der Waals surface area (Å²) < 4.78 is 0. The number of carbonyl (C=O) groups is 2. The Labute approximate surface area is 196 Å². The van der Waals surface area contributed by atoms with E-state index in [9.17, 15) is 9.59 Å². The fourth-order valence-electron chi connectivity index (χ4n) is 3.29. The van der Waals surface area contributed by atoms with Gasteiger partial charge in [-0.25, -0.2) is 4.98 Å². The van der Waals surface area contributed by atoms with E-state index < -0.39 is 0 Å². The fraction of sp³-hybridized carbons (Fsp3) is 0.160. The van der Waals surface area contributed by atoms with Crippen LogP contribution in [0, 0.1) is 13.8 Å². The molecule has 2 amide bonds. The van der Waals surface area contributed by atoms with E-state index in [1.54, 1.807) is 23.1 Å². The first-order valence-electron chi connectivity index (χ1n) is 10.0. The lowest BCUT2D eigenvalue weighted by Gasteiger charge is -2.19. The number of benzene rings is 1. The lowest BCUT2D eigenvalue weighted by Crippen LogP contribution is -2.31. The number of aromatic nitrogens is 1. The Morgan fingerprint density at radius 3 is 2.44 bits per heavy atom. The van der Waals surface area contributed by atoms with Gasteiger partial charge in [0.1, 0.15) is 9.71 Å². The summed E-state index contributed by atoms with van der Waals surface area (Å²) in [7, 11) is 0. The van der Waals surface area contributed by atoms with Crippen LogP contribution in [0.3, 0.4) is 0 Å². The topological polar surface area (TPSA) is 62.3 Å². The Hall–Kier alpha value is -3.22. The molecule has 0 atom stereocenters. The third kappa shape index (κ3) is 4.98. The summed E-state index contributed by atoms with van der Waals surface area (Å²) in [6.45, 7) is 11.8. The largest absolute Gasteiger partial charge is 0.330 e. The van der Waals surface area contributed by atoms with Crippen molar-refractivity contribution in [1.29, 1.82) is 0 Å². The molecule has 1 N–H and O–H groups in total. The summed E-state index contributed by atoms with van der Waals surface area (Å²) >= 11 is 7.69. The fourth-order valence-corrected chi connectivity index (χ4v) is 4.64. The third-order valence-electron chi connectivity index (χ3n) is 4.84. The van der Waals surface area contributed by atoms with Crippen LogP contribution in [-0.2, 0) is 4.79 Å². The molecule has 2 heterocycles. The Morgan fingerprint density at radius 1 is 1.16 bits per heavy atom. The van der Waals surface area contributed by atoms with Gasteiger partial charge in [0.15, 0.2) is 0 Å². The minimum atomic E-state index is -0.349. The molecule has 0 saturated heterocycles. The number of thiophene rings is 1. The maximum Gasteiger partial charge on any atom is 0.266 e. The summed E-state index contributed by atoms with van der Waals surface area (Å²) in [6, 6.07) is 9.50. The first-order chi connectivity index (χ1) is 15.4. The summed E-state index contributed by atoms with van der Waals surface area (Å²) in [4.78, 5) is 33.3. The molecule has 0 saturated carbocycles. The minimum Gasteiger partial charge on any atom is -0.330 e. The monoisotopic (exact) mass is 465 g/mol. The van der Waals surface area contributed by atoms with Crippen molar-refractivity contribution in [1.82, 2.24) is 9.88 Å². The number of aryl methyl sites for hydroxylation is 2. The maximum absolute atomic E-state index is 13.4. The van der Waals surface area contributed by atoms with Crippen LogP contribution in [0.15, 0.2) is 61.7 Å². The highest BCUT2D eigenvalue weighted by Gasteiger charge is 2.26. The van der Waals surface area contributed by atoms with Crippen LogP contribution >= 0.6 is 22.9 Å². The van der Waals surface area contributed by atoms with Gasteiger partial charge in [0.2, 0.25) is 5.91 Å². The molecule has 0 aliphatic heterocycles. The van der Waals surface area contributed by atoms with Crippen LogP contribution in [0.25, 0.3) is 16.3 Å². The van der Waals surface area contributed by atoms with Gasteiger partial charge in [0.05, 0.1) is 16.4 Å². The number of anilines is 1. The lowest BCUT2D eigenvalue weighted by molar-refractivity contribution is -0.111. The molecule has 32 heavy (non-hydrogen) atoms. The highest BCUT2D eigenvalue weighted by molar-refractivity contribution is 7.21. The molecule has 3 aromatic rings. The number of pyridine rings is 1. The number of rotatable bonds is 8. The van der Waals surface area contributed by atoms with Gasteiger partial charge in [-0.1, -0.05) is 54.1 Å². The van der Waals surface area contributed by atoms with Crippen LogP contribution in [0.1, 0.15) is 26.5 Å². The molecule has 3 rings (SSSR count). The smallest absolute Gasteiger partial charge is 0.266 e. The van der Waals surface area contributed by atoms with Crippen LogP contribution in [-0.4, -0.2) is 34.8 Å². The molecule has 0 unspecified atom stereocenters. The number of fused-ring (bicyclic) bond motifs is 1. The highest BCUT2D eigenvalue weighted by atomic mass is 35.5. The van der Waals surface area contributed by atoms with E-state index in [1.165, 1.54) is 17.4 Å². The molecule has 5 nitrogen and oxygen atoms in total. The molecular formula is C25H24ClN3O2S. The molecule has 0 radical (unpaired) electrons. The van der Waals surface area contributed by atoms with Crippen molar-refractivity contribution < 1.29 is 9.59 Å². The van der Waals surface area contributed by atoms with Crippen molar-refractivity contribution in [3.63, 3.8) is 0 Å². The molecule has 0 fully saturated rings. The highest BCUT2D eigenvalue weighted by Crippen LogP contribution is 2.40. The van der Waals surface area contributed by atoms with Crippen molar-refractivity contribution in [3.05, 3.63) is 88.4 Å². The van der Waals surface area contributed by atoms with Gasteiger partial charge < -0.3 is 10.2 Å². The third-order valence-corrected chi connectivity index (χ3v) is 6.46. The van der Waals surface area contributed by atoms with E-state index in [2.05, 4.69) is 23.5 Å². The van der Waals surface area contributed by atoms with Crippen LogP contribution in [0.5, 0.6) is 0 Å². The number of carbonyl (C=O) groups excluding carboxylic acids is 2. The predicted octanol–water partition coefficient (Wildman–Crippen LogP) is 6.03. The second-order valence-corrected chi connectivity index (χ2v) is 8.52. The van der Waals surface area contributed by atoms with E-state index in [0.29, 0.717) is 44.6 Å². The van der Waals surface area contributed by atoms with Gasteiger partial charge in [-0.15, -0.1) is 24.5 Å². The molecule has 2 aromatic heterocycles. The van der Waals surface area contributed by atoms with E-state index in [4.69, 9.17) is 11.6 Å². The summed E-state index contributed by atoms with van der Waals surface area (Å²) in [6.07, 6.45) is 6.46. The second-order valence-electron chi connectivity index (χ2n) is 7.14. The van der Waals surface area contributed by atoms with Crippen molar-refractivity contribution >= 4 is 56.7 Å². The lowest BCUT2D eigenvalue weighted by atomic mass is 10.1. The van der Waals surface area contributed by atoms with Gasteiger partial charge in [-0.05, 0) is 31.1 Å². The summed E-state index contributed by atoms with van der Waals surface area (Å²) in [5, 5.41) is 4.08. The number of halogens is 1. The Balaban J connectivity index is 2.08. The predicted molar refractivity (Wildman–Crippen MR) is 135 cm³/mol. The molecule has 0 aliphatic rings. The number of hydrogen-bond acceptors (Lipinski definition) is 4. The zero-order chi connectivity index (χ0) is 23.3. The first kappa shape index (κ1) is 23.4. The zero-order valence-corrected chi connectivity index (χ0v) is 19.6. The quantitative estimate of drug-likeness (QED) is 0.326. The number of nitrogens with one attached hydrogen (secondary N) is 1. The normalized spacial score (nSPS) is 11.0. The van der Waals surface area contributed by atoms with Gasteiger partial charge in [-0.2, -0.15) is 0 Å². The first-order valence-corrected chi connectivity index (χ1v) is 11.2. The molecule has 0 aliphatic carbocycles. The summed E-state index contributed by atoms with van der Waals surface area (Å²) in [5.41, 5.74) is 2.76. The molecule has 0 spiro atoms. The molecule has 164 valence electrons. The van der Waals surface area contributed by atoms with E-state index in [1.807, 2.05) is 44.2 Å². The standard InChI is InChI=1S/C25H24ClN3O2S/c1-5-14-29(15-6-2)25(31)23-22(20-16(3)21(26)17(4)27-24(20)32-23)28-19(30)13-12-18-10-8-7-9-11-18/h5-13H,1-2,14-15H2,3-4H3,(H,28,30). The van der Waals surface area contributed by atoms with Crippen LogP contribution in [0.4, 0.5) is 5.69 Å². The SMILES string of the molecule is C=CCN(CC=C)C(=O)c1sc2nc(C)c(Cl)c(C)c2c1NC(=O)C=Cc1ccccc1. The average Bonchev–Trinajstić information content (AvgIpc) is 3.14. The van der Waals surface area contributed by atoms with Gasteiger partial charge in [0.25, 0.3) is 5.91 Å².